The predicted octanol–water partition coefficient (Wildman–Crippen LogP) is 4.50. The van der Waals surface area contributed by atoms with Crippen molar-refractivity contribution in [3.05, 3.63) is 64.7 Å². The summed E-state index contributed by atoms with van der Waals surface area (Å²) < 4.78 is 11.4. The largest absolute Gasteiger partial charge is 0.494 e. The van der Waals surface area contributed by atoms with Gasteiger partial charge in [-0.2, -0.15) is 0 Å². The number of hydrogen-bond donors (Lipinski definition) is 1. The highest BCUT2D eigenvalue weighted by Crippen LogP contribution is 2.22. The van der Waals surface area contributed by atoms with Gasteiger partial charge in [0.2, 0.25) is 0 Å². The zero-order valence-electron chi connectivity index (χ0n) is 16.2. The standard InChI is InChI=1S/C22H29NO3/c1-5-26-21-11-10-19(12-20(21)15-25-14-16(2)3)22(24)23-13-18-8-6-17(4)7-9-18/h6-12,16H,5,13-15H2,1-4H3,(H,23,24). The number of amides is 1. The molecule has 0 saturated carbocycles. The molecule has 1 amide bonds. The number of carbonyl (C=O) groups excluding carboxylic acids is 1. The molecule has 1 N–H and O–H groups in total. The average Bonchev–Trinajstić information content (AvgIpc) is 2.62. The number of aryl methyl sites for hydroxylation is 1. The van der Waals surface area contributed by atoms with Crippen molar-refractivity contribution in [3.8, 4) is 5.75 Å². The molecule has 26 heavy (non-hydrogen) atoms. The van der Waals surface area contributed by atoms with Gasteiger partial charge in [-0.15, -0.1) is 0 Å². The van der Waals surface area contributed by atoms with E-state index in [-0.39, 0.29) is 5.91 Å². The molecule has 0 unspecified atom stereocenters. The monoisotopic (exact) mass is 355 g/mol. The molecule has 0 spiro atoms. The Morgan fingerprint density at radius 2 is 1.85 bits per heavy atom. The Morgan fingerprint density at radius 3 is 2.50 bits per heavy atom. The van der Waals surface area contributed by atoms with E-state index in [1.807, 2.05) is 50.2 Å². The molecular formula is C22H29NO3. The summed E-state index contributed by atoms with van der Waals surface area (Å²) in [6.07, 6.45) is 0. The summed E-state index contributed by atoms with van der Waals surface area (Å²) in [5, 5.41) is 2.97. The van der Waals surface area contributed by atoms with E-state index in [1.165, 1.54) is 5.56 Å². The van der Waals surface area contributed by atoms with Crippen molar-refractivity contribution >= 4 is 5.91 Å². The topological polar surface area (TPSA) is 47.6 Å². The van der Waals surface area contributed by atoms with Crippen molar-refractivity contribution in [2.45, 2.75) is 40.8 Å². The molecule has 0 aliphatic carbocycles. The smallest absolute Gasteiger partial charge is 0.251 e. The molecule has 0 aliphatic rings. The van der Waals surface area contributed by atoms with Gasteiger partial charge in [0, 0.05) is 24.3 Å². The lowest BCUT2D eigenvalue weighted by Gasteiger charge is -2.14. The van der Waals surface area contributed by atoms with E-state index in [2.05, 4.69) is 19.2 Å². The predicted molar refractivity (Wildman–Crippen MR) is 104 cm³/mol. The lowest BCUT2D eigenvalue weighted by atomic mass is 10.1. The van der Waals surface area contributed by atoms with Crippen LogP contribution in [0.15, 0.2) is 42.5 Å². The number of ether oxygens (including phenoxy) is 2. The van der Waals surface area contributed by atoms with Crippen LogP contribution in [0.2, 0.25) is 0 Å². The highest BCUT2D eigenvalue weighted by molar-refractivity contribution is 5.94. The van der Waals surface area contributed by atoms with Crippen molar-refractivity contribution in [2.24, 2.45) is 5.92 Å². The molecule has 4 heteroatoms. The van der Waals surface area contributed by atoms with Crippen LogP contribution in [-0.4, -0.2) is 19.1 Å². The third-order valence-corrected chi connectivity index (χ3v) is 3.90. The van der Waals surface area contributed by atoms with E-state index in [4.69, 9.17) is 9.47 Å². The zero-order valence-corrected chi connectivity index (χ0v) is 16.2. The van der Waals surface area contributed by atoms with E-state index in [9.17, 15) is 4.79 Å². The number of benzene rings is 2. The van der Waals surface area contributed by atoms with Crippen LogP contribution in [0.1, 0.15) is 47.8 Å². The van der Waals surface area contributed by atoms with Crippen molar-refractivity contribution in [3.63, 3.8) is 0 Å². The van der Waals surface area contributed by atoms with Crippen LogP contribution < -0.4 is 10.1 Å². The van der Waals surface area contributed by atoms with Gasteiger partial charge in [-0.1, -0.05) is 43.7 Å². The quantitative estimate of drug-likeness (QED) is 0.720. The van der Waals surface area contributed by atoms with Crippen LogP contribution in [0, 0.1) is 12.8 Å². The number of carbonyl (C=O) groups is 1. The van der Waals surface area contributed by atoms with Gasteiger partial charge in [-0.05, 0) is 43.5 Å². The molecule has 2 aromatic rings. The molecule has 0 fully saturated rings. The van der Waals surface area contributed by atoms with Crippen LogP contribution in [0.25, 0.3) is 0 Å². The van der Waals surface area contributed by atoms with Crippen LogP contribution >= 0.6 is 0 Å². The summed E-state index contributed by atoms with van der Waals surface area (Å²) in [4.78, 5) is 12.5. The number of rotatable bonds is 9. The van der Waals surface area contributed by atoms with Crippen LogP contribution in [-0.2, 0) is 17.9 Å². The molecule has 0 aliphatic heterocycles. The maximum Gasteiger partial charge on any atom is 0.251 e. The first-order valence-electron chi connectivity index (χ1n) is 9.16. The fraction of sp³-hybridized carbons (Fsp3) is 0.409. The van der Waals surface area contributed by atoms with Crippen molar-refractivity contribution in [1.82, 2.24) is 5.32 Å². The molecular weight excluding hydrogens is 326 g/mol. The molecule has 0 aromatic heterocycles. The molecule has 2 aromatic carbocycles. The second-order valence-corrected chi connectivity index (χ2v) is 6.83. The van der Waals surface area contributed by atoms with Gasteiger partial charge in [-0.3, -0.25) is 4.79 Å². The first-order valence-corrected chi connectivity index (χ1v) is 9.16. The van der Waals surface area contributed by atoms with E-state index in [1.54, 1.807) is 6.07 Å². The fourth-order valence-corrected chi connectivity index (χ4v) is 2.52. The second kappa shape index (κ2) is 9.97. The van der Waals surface area contributed by atoms with Gasteiger partial charge < -0.3 is 14.8 Å². The maximum atomic E-state index is 12.5. The Bertz CT molecular complexity index is 708. The van der Waals surface area contributed by atoms with Gasteiger partial charge in [-0.25, -0.2) is 0 Å². The summed E-state index contributed by atoms with van der Waals surface area (Å²) in [5.41, 5.74) is 3.80. The summed E-state index contributed by atoms with van der Waals surface area (Å²) in [6.45, 7) is 10.4. The minimum absolute atomic E-state index is 0.0984. The van der Waals surface area contributed by atoms with E-state index < -0.39 is 0 Å². The molecule has 0 bridgehead atoms. The van der Waals surface area contributed by atoms with Crippen molar-refractivity contribution < 1.29 is 14.3 Å². The maximum absolute atomic E-state index is 12.5. The summed E-state index contributed by atoms with van der Waals surface area (Å²) in [7, 11) is 0. The minimum Gasteiger partial charge on any atom is -0.494 e. The van der Waals surface area contributed by atoms with Crippen LogP contribution in [0.4, 0.5) is 0 Å². The summed E-state index contributed by atoms with van der Waals surface area (Å²) in [6, 6.07) is 13.6. The third-order valence-electron chi connectivity index (χ3n) is 3.90. The summed E-state index contributed by atoms with van der Waals surface area (Å²) >= 11 is 0. The van der Waals surface area contributed by atoms with Gasteiger partial charge in [0.1, 0.15) is 5.75 Å². The first-order chi connectivity index (χ1) is 12.5. The normalized spacial score (nSPS) is 10.8. The first kappa shape index (κ1) is 20.0. The molecule has 2 rings (SSSR count). The Morgan fingerprint density at radius 1 is 1.12 bits per heavy atom. The Kier molecular flexibility index (Phi) is 7.67. The van der Waals surface area contributed by atoms with E-state index in [0.29, 0.717) is 37.8 Å². The molecule has 0 heterocycles. The van der Waals surface area contributed by atoms with Crippen LogP contribution in [0.3, 0.4) is 0 Å². The summed E-state index contributed by atoms with van der Waals surface area (Å²) in [5.74, 6) is 1.14. The Balaban J connectivity index is 2.04. The van der Waals surface area contributed by atoms with Crippen molar-refractivity contribution in [2.75, 3.05) is 13.2 Å². The van der Waals surface area contributed by atoms with E-state index in [0.717, 1.165) is 16.9 Å². The number of hydrogen-bond acceptors (Lipinski definition) is 3. The van der Waals surface area contributed by atoms with Gasteiger partial charge in [0.25, 0.3) is 5.91 Å². The van der Waals surface area contributed by atoms with Gasteiger partial charge >= 0.3 is 0 Å². The number of nitrogens with one attached hydrogen (secondary N) is 1. The highest BCUT2D eigenvalue weighted by Gasteiger charge is 2.11. The Hall–Kier alpha value is -2.33. The Labute approximate surface area is 156 Å². The average molecular weight is 355 g/mol. The van der Waals surface area contributed by atoms with Gasteiger partial charge in [0.05, 0.1) is 13.2 Å². The molecule has 4 nitrogen and oxygen atoms in total. The van der Waals surface area contributed by atoms with E-state index >= 15 is 0 Å². The lowest BCUT2D eigenvalue weighted by Crippen LogP contribution is -2.23. The lowest BCUT2D eigenvalue weighted by molar-refractivity contribution is 0.0935. The highest BCUT2D eigenvalue weighted by atomic mass is 16.5. The van der Waals surface area contributed by atoms with Crippen LogP contribution in [0.5, 0.6) is 5.75 Å². The molecule has 140 valence electrons. The molecule has 0 atom stereocenters. The minimum atomic E-state index is -0.0984. The zero-order chi connectivity index (χ0) is 18.9. The molecule has 0 radical (unpaired) electrons. The SMILES string of the molecule is CCOc1ccc(C(=O)NCc2ccc(C)cc2)cc1COCC(C)C. The second-order valence-electron chi connectivity index (χ2n) is 6.83. The van der Waals surface area contributed by atoms with Crippen molar-refractivity contribution in [1.29, 1.82) is 0 Å². The fourth-order valence-electron chi connectivity index (χ4n) is 2.52. The molecule has 0 saturated heterocycles. The van der Waals surface area contributed by atoms with Gasteiger partial charge in [0.15, 0.2) is 0 Å². The third kappa shape index (κ3) is 6.19.